The van der Waals surface area contributed by atoms with E-state index in [2.05, 4.69) is 4.72 Å². The fourth-order valence-corrected chi connectivity index (χ4v) is 4.75. The molecule has 1 atom stereocenters. The molecule has 0 aromatic heterocycles. The summed E-state index contributed by atoms with van der Waals surface area (Å²) in [7, 11) is -2.04. The van der Waals surface area contributed by atoms with Crippen molar-refractivity contribution in [3.05, 3.63) is 58.7 Å². The number of hydrogen-bond acceptors (Lipinski definition) is 3. The van der Waals surface area contributed by atoms with Crippen molar-refractivity contribution in [2.75, 3.05) is 7.11 Å². The Hall–Kier alpha value is -1.85. The van der Waals surface area contributed by atoms with E-state index in [-0.39, 0.29) is 12.0 Å². The third kappa shape index (κ3) is 4.27. The van der Waals surface area contributed by atoms with Gasteiger partial charge in [-0.1, -0.05) is 45.0 Å². The predicted octanol–water partition coefficient (Wildman–Crippen LogP) is 4.87. The topological polar surface area (TPSA) is 55.4 Å². The van der Waals surface area contributed by atoms with E-state index in [0.717, 1.165) is 22.4 Å². The van der Waals surface area contributed by atoms with Crippen LogP contribution in [0.5, 0.6) is 5.75 Å². The molecule has 2 aromatic carbocycles. The first-order valence-electron chi connectivity index (χ1n) is 8.97. The number of sulfonamides is 1. The first-order valence-corrected chi connectivity index (χ1v) is 10.5. The maximum absolute atomic E-state index is 13.1. The van der Waals surface area contributed by atoms with Gasteiger partial charge in [0.05, 0.1) is 12.0 Å². The molecule has 0 heterocycles. The summed E-state index contributed by atoms with van der Waals surface area (Å²) in [6.45, 7) is 9.84. The molecule has 0 aliphatic rings. The van der Waals surface area contributed by atoms with Crippen LogP contribution in [0, 0.1) is 13.8 Å². The molecule has 0 aliphatic carbocycles. The summed E-state index contributed by atoms with van der Waals surface area (Å²) in [4.78, 5) is 0.314. The summed E-state index contributed by atoms with van der Waals surface area (Å²) in [5.41, 5.74) is 3.66. The van der Waals surface area contributed by atoms with Gasteiger partial charge < -0.3 is 4.74 Å². The fraction of sp³-hybridized carbons (Fsp3) is 0.429. The van der Waals surface area contributed by atoms with E-state index in [4.69, 9.17) is 4.74 Å². The van der Waals surface area contributed by atoms with Crippen LogP contribution in [0.2, 0.25) is 0 Å². The van der Waals surface area contributed by atoms with Gasteiger partial charge in [0.25, 0.3) is 0 Å². The molecule has 142 valence electrons. The van der Waals surface area contributed by atoms with Crippen molar-refractivity contribution in [2.45, 2.75) is 57.9 Å². The van der Waals surface area contributed by atoms with Crippen LogP contribution in [0.3, 0.4) is 0 Å². The Bertz CT molecular complexity index is 873. The molecule has 0 saturated carbocycles. The number of methoxy groups -OCH3 is 1. The van der Waals surface area contributed by atoms with Crippen molar-refractivity contribution in [1.29, 1.82) is 0 Å². The van der Waals surface area contributed by atoms with Crippen LogP contribution in [0.4, 0.5) is 0 Å². The average molecular weight is 376 g/mol. The Morgan fingerprint density at radius 2 is 1.69 bits per heavy atom. The number of ether oxygens (including phenoxy) is 1. The van der Waals surface area contributed by atoms with Crippen molar-refractivity contribution in [2.24, 2.45) is 0 Å². The Morgan fingerprint density at radius 3 is 2.23 bits per heavy atom. The number of aryl methyl sites for hydroxylation is 2. The van der Waals surface area contributed by atoms with Gasteiger partial charge in [-0.05, 0) is 60.6 Å². The Kier molecular flexibility index (Phi) is 6.48. The lowest BCUT2D eigenvalue weighted by molar-refractivity contribution is 0.406. The number of rotatable bonds is 7. The lowest BCUT2D eigenvalue weighted by atomic mass is 10.0. The quantitative estimate of drug-likeness (QED) is 0.751. The van der Waals surface area contributed by atoms with Crippen molar-refractivity contribution >= 4 is 10.0 Å². The van der Waals surface area contributed by atoms with Crippen molar-refractivity contribution in [3.63, 3.8) is 0 Å². The normalized spacial score (nSPS) is 13.0. The van der Waals surface area contributed by atoms with Gasteiger partial charge in [-0.15, -0.1) is 0 Å². The first-order chi connectivity index (χ1) is 12.2. The molecule has 0 fully saturated rings. The lowest BCUT2D eigenvalue weighted by Crippen LogP contribution is -2.29. The molecule has 1 unspecified atom stereocenters. The third-order valence-corrected chi connectivity index (χ3v) is 6.32. The van der Waals surface area contributed by atoms with Crippen molar-refractivity contribution < 1.29 is 13.2 Å². The van der Waals surface area contributed by atoms with Gasteiger partial charge in [-0.2, -0.15) is 0 Å². The van der Waals surface area contributed by atoms with Crippen LogP contribution in [-0.4, -0.2) is 15.5 Å². The SMILES string of the molecule is CCC(NS(=O)(=O)c1cc(C(C)C)c(OC)cc1C)c1ccccc1C. The number of benzene rings is 2. The van der Waals surface area contributed by atoms with E-state index in [1.807, 2.05) is 52.0 Å². The van der Waals surface area contributed by atoms with Gasteiger partial charge in [0.2, 0.25) is 10.0 Å². The van der Waals surface area contributed by atoms with E-state index in [1.54, 1.807) is 26.2 Å². The minimum absolute atomic E-state index is 0.165. The second-order valence-corrected chi connectivity index (χ2v) is 8.64. The molecule has 0 amide bonds. The average Bonchev–Trinajstić information content (AvgIpc) is 2.59. The van der Waals surface area contributed by atoms with Gasteiger partial charge in [-0.3, -0.25) is 0 Å². The van der Waals surface area contributed by atoms with E-state index in [1.165, 1.54) is 0 Å². The molecule has 2 rings (SSSR count). The maximum atomic E-state index is 13.1. The zero-order chi connectivity index (χ0) is 19.5. The summed E-state index contributed by atoms with van der Waals surface area (Å²) < 4.78 is 34.6. The summed E-state index contributed by atoms with van der Waals surface area (Å²) in [5, 5.41) is 0. The highest BCUT2D eigenvalue weighted by atomic mass is 32.2. The Balaban J connectivity index is 2.47. The second kappa shape index (κ2) is 8.23. The zero-order valence-corrected chi connectivity index (χ0v) is 17.3. The first kappa shape index (κ1) is 20.5. The monoisotopic (exact) mass is 375 g/mol. The van der Waals surface area contributed by atoms with Crippen LogP contribution < -0.4 is 9.46 Å². The minimum Gasteiger partial charge on any atom is -0.496 e. The highest BCUT2D eigenvalue weighted by Crippen LogP contribution is 2.32. The fourth-order valence-electron chi connectivity index (χ4n) is 3.19. The van der Waals surface area contributed by atoms with Crippen LogP contribution in [-0.2, 0) is 10.0 Å². The highest BCUT2D eigenvalue weighted by molar-refractivity contribution is 7.89. The summed E-state index contributed by atoms with van der Waals surface area (Å²) in [6, 6.07) is 11.2. The Morgan fingerprint density at radius 1 is 1.04 bits per heavy atom. The molecule has 0 saturated heterocycles. The molecule has 1 N–H and O–H groups in total. The molecule has 0 bridgehead atoms. The van der Waals surface area contributed by atoms with Gasteiger partial charge in [-0.25, -0.2) is 13.1 Å². The van der Waals surface area contributed by atoms with Gasteiger partial charge in [0.1, 0.15) is 5.75 Å². The molecule has 5 heteroatoms. The largest absolute Gasteiger partial charge is 0.496 e. The van der Waals surface area contributed by atoms with Crippen LogP contribution in [0.1, 0.15) is 61.4 Å². The van der Waals surface area contributed by atoms with Gasteiger partial charge in [0, 0.05) is 6.04 Å². The van der Waals surface area contributed by atoms with Crippen LogP contribution >= 0.6 is 0 Å². The highest BCUT2D eigenvalue weighted by Gasteiger charge is 2.25. The standard InChI is InChI=1S/C21H29NO3S/c1-7-19(17-11-9-8-10-15(17)4)22-26(23,24)21-13-18(14(2)3)20(25-6)12-16(21)5/h8-14,19,22H,7H2,1-6H3. The molecule has 0 radical (unpaired) electrons. The lowest BCUT2D eigenvalue weighted by Gasteiger charge is -2.21. The summed E-state index contributed by atoms with van der Waals surface area (Å²) in [5.74, 6) is 0.889. The molecule has 0 spiro atoms. The number of nitrogens with one attached hydrogen (secondary N) is 1. The molecule has 26 heavy (non-hydrogen) atoms. The molecule has 2 aromatic rings. The Labute approximate surface area is 157 Å². The van der Waals surface area contributed by atoms with E-state index < -0.39 is 10.0 Å². The van der Waals surface area contributed by atoms with E-state index >= 15 is 0 Å². The zero-order valence-electron chi connectivity index (χ0n) is 16.5. The molecule has 0 aliphatic heterocycles. The van der Waals surface area contributed by atoms with E-state index in [9.17, 15) is 8.42 Å². The smallest absolute Gasteiger partial charge is 0.241 e. The van der Waals surface area contributed by atoms with Crippen molar-refractivity contribution in [3.8, 4) is 5.75 Å². The van der Waals surface area contributed by atoms with Crippen LogP contribution in [0.25, 0.3) is 0 Å². The summed E-state index contributed by atoms with van der Waals surface area (Å²) in [6.07, 6.45) is 0.677. The van der Waals surface area contributed by atoms with Crippen LogP contribution in [0.15, 0.2) is 41.3 Å². The van der Waals surface area contributed by atoms with Gasteiger partial charge in [0.15, 0.2) is 0 Å². The van der Waals surface area contributed by atoms with E-state index in [0.29, 0.717) is 16.9 Å². The minimum atomic E-state index is -3.65. The van der Waals surface area contributed by atoms with Crippen molar-refractivity contribution in [1.82, 2.24) is 4.72 Å². The second-order valence-electron chi connectivity index (χ2n) is 6.95. The molecular weight excluding hydrogens is 346 g/mol. The molecular formula is C21H29NO3S. The number of hydrogen-bond donors (Lipinski definition) is 1. The molecule has 4 nitrogen and oxygen atoms in total. The summed E-state index contributed by atoms with van der Waals surface area (Å²) >= 11 is 0. The predicted molar refractivity (Wildman–Crippen MR) is 106 cm³/mol. The third-order valence-electron chi connectivity index (χ3n) is 4.71. The van der Waals surface area contributed by atoms with Gasteiger partial charge >= 0.3 is 0 Å². The maximum Gasteiger partial charge on any atom is 0.241 e.